The summed E-state index contributed by atoms with van der Waals surface area (Å²) < 4.78 is 57.9. The zero-order valence-electron chi connectivity index (χ0n) is 12.5. The van der Waals surface area contributed by atoms with Crippen LogP contribution in [0.4, 0.5) is 8.78 Å². The predicted octanol–water partition coefficient (Wildman–Crippen LogP) is 2.84. The summed E-state index contributed by atoms with van der Waals surface area (Å²) in [6.45, 7) is 1.83. The standard InChI is InChI=1S/C15H21F2NO3S/c1-2-22(19,20)18-15-6-4-3-5-11(15)10-21-14-8-12(16)7-13(17)9-14/h7-9,11,15,18H,2-6,10H2,1H3/t11-,15+/m0/s1. The Morgan fingerprint density at radius 1 is 1.18 bits per heavy atom. The molecule has 0 heterocycles. The minimum Gasteiger partial charge on any atom is -0.493 e. The molecule has 1 aromatic rings. The fraction of sp³-hybridized carbons (Fsp3) is 0.600. The molecule has 2 atom stereocenters. The molecule has 1 aliphatic rings. The lowest BCUT2D eigenvalue weighted by molar-refractivity contribution is 0.179. The van der Waals surface area contributed by atoms with Crippen molar-refractivity contribution in [2.45, 2.75) is 38.6 Å². The predicted molar refractivity (Wildman–Crippen MR) is 80.2 cm³/mol. The van der Waals surface area contributed by atoms with Gasteiger partial charge in [-0.15, -0.1) is 0 Å². The van der Waals surface area contributed by atoms with Gasteiger partial charge in [-0.05, 0) is 19.8 Å². The van der Waals surface area contributed by atoms with Gasteiger partial charge in [0.25, 0.3) is 0 Å². The highest BCUT2D eigenvalue weighted by Gasteiger charge is 2.28. The Morgan fingerprint density at radius 3 is 2.45 bits per heavy atom. The van der Waals surface area contributed by atoms with E-state index in [1.54, 1.807) is 6.92 Å². The van der Waals surface area contributed by atoms with E-state index in [0.717, 1.165) is 43.9 Å². The number of sulfonamides is 1. The maximum absolute atomic E-state index is 13.1. The van der Waals surface area contributed by atoms with E-state index >= 15 is 0 Å². The fourth-order valence-corrected chi connectivity index (χ4v) is 3.63. The smallest absolute Gasteiger partial charge is 0.211 e. The number of nitrogens with one attached hydrogen (secondary N) is 1. The number of halogens is 2. The molecule has 4 nitrogen and oxygen atoms in total. The first kappa shape index (κ1) is 17.1. The minimum atomic E-state index is -3.27. The van der Waals surface area contributed by atoms with Crippen LogP contribution in [0.1, 0.15) is 32.6 Å². The van der Waals surface area contributed by atoms with Crippen LogP contribution in [0.15, 0.2) is 18.2 Å². The van der Waals surface area contributed by atoms with E-state index < -0.39 is 21.7 Å². The summed E-state index contributed by atoms with van der Waals surface area (Å²) in [5.41, 5.74) is 0. The number of benzene rings is 1. The third-order valence-corrected chi connectivity index (χ3v) is 5.34. The molecule has 1 fully saturated rings. The normalized spacial score (nSPS) is 22.5. The average molecular weight is 333 g/mol. The summed E-state index contributed by atoms with van der Waals surface area (Å²) in [4.78, 5) is 0. The van der Waals surface area contributed by atoms with Crippen LogP contribution in [0.5, 0.6) is 5.75 Å². The van der Waals surface area contributed by atoms with Crippen molar-refractivity contribution in [2.75, 3.05) is 12.4 Å². The average Bonchev–Trinajstić information content (AvgIpc) is 2.45. The maximum atomic E-state index is 13.1. The number of hydrogen-bond donors (Lipinski definition) is 1. The Kier molecular flexibility index (Phi) is 5.74. The first-order chi connectivity index (χ1) is 10.4. The van der Waals surface area contributed by atoms with Crippen molar-refractivity contribution in [2.24, 2.45) is 5.92 Å². The first-order valence-corrected chi connectivity index (χ1v) is 9.14. The summed E-state index contributed by atoms with van der Waals surface area (Å²) in [5.74, 6) is -1.23. The van der Waals surface area contributed by atoms with Gasteiger partial charge in [-0.3, -0.25) is 0 Å². The van der Waals surface area contributed by atoms with Crippen molar-refractivity contribution in [3.8, 4) is 5.75 Å². The molecule has 7 heteroatoms. The van der Waals surface area contributed by atoms with E-state index in [1.165, 1.54) is 0 Å². The van der Waals surface area contributed by atoms with Crippen molar-refractivity contribution in [3.05, 3.63) is 29.8 Å². The molecule has 0 spiro atoms. The second-order valence-electron chi connectivity index (χ2n) is 5.59. The van der Waals surface area contributed by atoms with Gasteiger partial charge in [0, 0.05) is 30.2 Å². The highest BCUT2D eigenvalue weighted by atomic mass is 32.2. The molecule has 1 saturated carbocycles. The lowest BCUT2D eigenvalue weighted by Gasteiger charge is -2.31. The highest BCUT2D eigenvalue weighted by molar-refractivity contribution is 7.89. The molecule has 0 unspecified atom stereocenters. The fourth-order valence-electron chi connectivity index (χ4n) is 2.69. The molecule has 124 valence electrons. The van der Waals surface area contributed by atoms with E-state index in [-0.39, 0.29) is 30.1 Å². The van der Waals surface area contributed by atoms with Gasteiger partial charge in [0.2, 0.25) is 10.0 Å². The molecule has 0 radical (unpaired) electrons. The van der Waals surface area contributed by atoms with Crippen molar-refractivity contribution in [1.29, 1.82) is 0 Å². The number of hydrogen-bond acceptors (Lipinski definition) is 3. The lowest BCUT2D eigenvalue weighted by Crippen LogP contribution is -2.44. The molecule has 0 aliphatic heterocycles. The van der Waals surface area contributed by atoms with Crippen LogP contribution in [-0.4, -0.2) is 26.8 Å². The second-order valence-corrected chi connectivity index (χ2v) is 7.63. The Bertz CT molecular complexity index is 587. The molecule has 0 bridgehead atoms. The largest absolute Gasteiger partial charge is 0.493 e. The van der Waals surface area contributed by atoms with Gasteiger partial charge in [0.15, 0.2) is 0 Å². The van der Waals surface area contributed by atoms with E-state index in [0.29, 0.717) is 0 Å². The zero-order chi connectivity index (χ0) is 16.2. The Labute approximate surface area is 129 Å². The molecular weight excluding hydrogens is 312 g/mol. The molecular formula is C15H21F2NO3S. The van der Waals surface area contributed by atoms with Crippen molar-refractivity contribution in [3.63, 3.8) is 0 Å². The molecule has 0 amide bonds. The summed E-state index contributed by atoms with van der Waals surface area (Å²) in [5, 5.41) is 0. The molecule has 1 aromatic carbocycles. The summed E-state index contributed by atoms with van der Waals surface area (Å²) in [6, 6.07) is 2.84. The van der Waals surface area contributed by atoms with E-state index in [9.17, 15) is 17.2 Å². The van der Waals surface area contributed by atoms with Crippen LogP contribution in [0.3, 0.4) is 0 Å². The van der Waals surface area contributed by atoms with Gasteiger partial charge in [-0.25, -0.2) is 21.9 Å². The Hall–Kier alpha value is -1.21. The monoisotopic (exact) mass is 333 g/mol. The summed E-state index contributed by atoms with van der Waals surface area (Å²) in [6.07, 6.45) is 3.54. The lowest BCUT2D eigenvalue weighted by atomic mass is 9.86. The summed E-state index contributed by atoms with van der Waals surface area (Å²) >= 11 is 0. The van der Waals surface area contributed by atoms with Crippen LogP contribution in [0, 0.1) is 17.6 Å². The topological polar surface area (TPSA) is 55.4 Å². The highest BCUT2D eigenvalue weighted by Crippen LogP contribution is 2.26. The number of rotatable bonds is 6. The molecule has 1 aliphatic carbocycles. The quantitative estimate of drug-likeness (QED) is 0.871. The molecule has 1 N–H and O–H groups in total. The van der Waals surface area contributed by atoms with Crippen LogP contribution < -0.4 is 9.46 Å². The van der Waals surface area contributed by atoms with Gasteiger partial charge in [-0.2, -0.15) is 0 Å². The molecule has 0 aromatic heterocycles. The van der Waals surface area contributed by atoms with Gasteiger partial charge in [0.1, 0.15) is 17.4 Å². The minimum absolute atomic E-state index is 0.00130. The Balaban J connectivity index is 1.99. The van der Waals surface area contributed by atoms with Gasteiger partial charge >= 0.3 is 0 Å². The second kappa shape index (κ2) is 7.37. The summed E-state index contributed by atoms with van der Waals surface area (Å²) in [7, 11) is -3.27. The van der Waals surface area contributed by atoms with Gasteiger partial charge in [-0.1, -0.05) is 12.8 Å². The first-order valence-electron chi connectivity index (χ1n) is 7.48. The molecule has 0 saturated heterocycles. The van der Waals surface area contributed by atoms with E-state index in [4.69, 9.17) is 4.74 Å². The third kappa shape index (κ3) is 4.91. The van der Waals surface area contributed by atoms with Gasteiger partial charge < -0.3 is 4.74 Å². The third-order valence-electron chi connectivity index (χ3n) is 3.92. The molecule has 2 rings (SSSR count). The van der Waals surface area contributed by atoms with Gasteiger partial charge in [0.05, 0.1) is 12.4 Å². The van der Waals surface area contributed by atoms with Crippen molar-refractivity contribution in [1.82, 2.24) is 4.72 Å². The van der Waals surface area contributed by atoms with Crippen molar-refractivity contribution < 1.29 is 21.9 Å². The molecule has 22 heavy (non-hydrogen) atoms. The van der Waals surface area contributed by atoms with E-state index in [1.807, 2.05) is 0 Å². The maximum Gasteiger partial charge on any atom is 0.211 e. The van der Waals surface area contributed by atoms with Crippen LogP contribution in [0.25, 0.3) is 0 Å². The van der Waals surface area contributed by atoms with Crippen LogP contribution >= 0.6 is 0 Å². The zero-order valence-corrected chi connectivity index (χ0v) is 13.3. The van der Waals surface area contributed by atoms with Crippen LogP contribution in [0.2, 0.25) is 0 Å². The Morgan fingerprint density at radius 2 is 1.82 bits per heavy atom. The SMILES string of the molecule is CCS(=O)(=O)N[C@@H]1CCCC[C@H]1COc1cc(F)cc(F)c1. The van der Waals surface area contributed by atoms with Crippen LogP contribution in [-0.2, 0) is 10.0 Å². The van der Waals surface area contributed by atoms with Crippen molar-refractivity contribution >= 4 is 10.0 Å². The van der Waals surface area contributed by atoms with E-state index in [2.05, 4.69) is 4.72 Å². The number of ether oxygens (including phenoxy) is 1.